The van der Waals surface area contributed by atoms with Gasteiger partial charge in [0.2, 0.25) is 0 Å². The van der Waals surface area contributed by atoms with E-state index in [-0.39, 0.29) is 6.61 Å². The van der Waals surface area contributed by atoms with Crippen molar-refractivity contribution in [3.05, 3.63) is 23.3 Å². The first kappa shape index (κ1) is 13.8. The average Bonchev–Trinajstić information content (AvgIpc) is 2.74. The lowest BCUT2D eigenvalue weighted by atomic mass is 10.1. The molecule has 1 unspecified atom stereocenters. The summed E-state index contributed by atoms with van der Waals surface area (Å²) in [5, 5.41) is 18.0. The van der Waals surface area contributed by atoms with Crippen molar-refractivity contribution in [2.24, 2.45) is 16.6 Å². The Morgan fingerprint density at radius 1 is 1.42 bits per heavy atom. The Morgan fingerprint density at radius 2 is 2.11 bits per heavy atom. The van der Waals surface area contributed by atoms with E-state index in [0.717, 1.165) is 12.8 Å². The predicted octanol–water partition coefficient (Wildman–Crippen LogP) is 1.98. The van der Waals surface area contributed by atoms with E-state index in [1.807, 2.05) is 12.1 Å². The van der Waals surface area contributed by atoms with E-state index in [1.54, 1.807) is 0 Å². The molecule has 0 fully saturated rings. The number of anilines is 1. The van der Waals surface area contributed by atoms with Crippen molar-refractivity contribution in [2.75, 3.05) is 12.1 Å². The van der Waals surface area contributed by atoms with Gasteiger partial charge in [-0.1, -0.05) is 6.92 Å². The van der Waals surface area contributed by atoms with Gasteiger partial charge in [0.1, 0.15) is 0 Å². The summed E-state index contributed by atoms with van der Waals surface area (Å²) in [4.78, 5) is 4.33. The van der Waals surface area contributed by atoms with Gasteiger partial charge in [0.05, 0.1) is 17.2 Å². The van der Waals surface area contributed by atoms with Gasteiger partial charge in [0.15, 0.2) is 0 Å². The van der Waals surface area contributed by atoms with Crippen molar-refractivity contribution >= 4 is 17.2 Å². The number of benzene rings is 1. The summed E-state index contributed by atoms with van der Waals surface area (Å²) < 4.78 is 0. The number of fused-ring (bicyclic) bond motifs is 1. The minimum Gasteiger partial charge on any atom is -0.396 e. The van der Waals surface area contributed by atoms with E-state index < -0.39 is 0 Å². The molecule has 0 spiro atoms. The number of hydrogen-bond acceptors (Lipinski definition) is 4. The fourth-order valence-electron chi connectivity index (χ4n) is 2.53. The van der Waals surface area contributed by atoms with Gasteiger partial charge >= 0.3 is 0 Å². The van der Waals surface area contributed by atoms with Gasteiger partial charge in [-0.2, -0.15) is 0 Å². The molecule has 1 aliphatic rings. The standard InChI is InChI=1S/C14H21N3O2/c1-9-5-10-7-12(16-14(15)3-2-4-18)13(17-19)8-11(10)6-9/h7-9,17-19H,2-6H2,1H3,(H2,15,16). The van der Waals surface area contributed by atoms with E-state index in [9.17, 15) is 5.21 Å². The second-order valence-corrected chi connectivity index (χ2v) is 5.19. The molecule has 5 N–H and O–H groups in total. The predicted molar refractivity (Wildman–Crippen MR) is 76.0 cm³/mol. The Bertz CT molecular complexity index is 486. The van der Waals surface area contributed by atoms with Gasteiger partial charge < -0.3 is 10.8 Å². The fraction of sp³-hybridized carbons (Fsp3) is 0.500. The largest absolute Gasteiger partial charge is 0.396 e. The van der Waals surface area contributed by atoms with Crippen LogP contribution in [0.25, 0.3) is 0 Å². The minimum absolute atomic E-state index is 0.100. The number of nitrogens with one attached hydrogen (secondary N) is 1. The van der Waals surface area contributed by atoms with Crippen LogP contribution in [0.5, 0.6) is 0 Å². The molecule has 104 valence electrons. The highest BCUT2D eigenvalue weighted by molar-refractivity contribution is 5.85. The van der Waals surface area contributed by atoms with E-state index in [4.69, 9.17) is 10.8 Å². The number of aliphatic hydroxyl groups is 1. The van der Waals surface area contributed by atoms with Crippen LogP contribution in [0.4, 0.5) is 11.4 Å². The molecule has 0 bridgehead atoms. The molecule has 0 radical (unpaired) electrons. The molecule has 0 saturated heterocycles. The SMILES string of the molecule is CC1Cc2cc(N=C(N)CCCO)c(NO)cc2C1. The lowest BCUT2D eigenvalue weighted by Gasteiger charge is -2.09. The van der Waals surface area contributed by atoms with Crippen LogP contribution in [0.3, 0.4) is 0 Å². The Kier molecular flexibility index (Phi) is 4.39. The first-order valence-corrected chi connectivity index (χ1v) is 6.63. The van der Waals surface area contributed by atoms with Crippen LogP contribution < -0.4 is 11.2 Å². The first-order chi connectivity index (χ1) is 9.13. The van der Waals surface area contributed by atoms with E-state index in [2.05, 4.69) is 17.4 Å². The second-order valence-electron chi connectivity index (χ2n) is 5.19. The molecule has 1 atom stereocenters. The maximum atomic E-state index is 9.20. The highest BCUT2D eigenvalue weighted by Gasteiger charge is 2.19. The molecule has 0 amide bonds. The summed E-state index contributed by atoms with van der Waals surface area (Å²) in [5.74, 6) is 1.10. The highest BCUT2D eigenvalue weighted by atomic mass is 16.5. The van der Waals surface area contributed by atoms with E-state index in [0.29, 0.717) is 36.0 Å². The van der Waals surface area contributed by atoms with E-state index in [1.165, 1.54) is 11.1 Å². The van der Waals surface area contributed by atoms with Crippen molar-refractivity contribution in [1.29, 1.82) is 0 Å². The number of nitrogens with zero attached hydrogens (tertiary/aromatic N) is 1. The lowest BCUT2D eigenvalue weighted by molar-refractivity contribution is 0.291. The smallest absolute Gasteiger partial charge is 0.0998 e. The third-order valence-electron chi connectivity index (χ3n) is 3.43. The number of nitrogens with two attached hydrogens (primary N) is 1. The number of hydrogen-bond donors (Lipinski definition) is 4. The Labute approximate surface area is 113 Å². The molecule has 1 aromatic rings. The maximum Gasteiger partial charge on any atom is 0.0998 e. The molecular weight excluding hydrogens is 242 g/mol. The summed E-state index contributed by atoms with van der Waals surface area (Å²) in [7, 11) is 0. The van der Waals surface area contributed by atoms with Gasteiger partial charge in [-0.05, 0) is 48.4 Å². The Hall–Kier alpha value is -1.59. The lowest BCUT2D eigenvalue weighted by Crippen LogP contribution is -2.11. The highest BCUT2D eigenvalue weighted by Crippen LogP contribution is 2.35. The summed E-state index contributed by atoms with van der Waals surface area (Å²) >= 11 is 0. The van der Waals surface area contributed by atoms with Crippen molar-refractivity contribution < 1.29 is 10.3 Å². The summed E-state index contributed by atoms with van der Waals surface area (Å²) in [6, 6.07) is 3.93. The Morgan fingerprint density at radius 3 is 2.74 bits per heavy atom. The molecule has 19 heavy (non-hydrogen) atoms. The third-order valence-corrected chi connectivity index (χ3v) is 3.43. The van der Waals surface area contributed by atoms with Crippen LogP contribution in [0.15, 0.2) is 17.1 Å². The molecule has 1 aromatic carbocycles. The van der Waals surface area contributed by atoms with Crippen LogP contribution in [0.1, 0.15) is 30.9 Å². The van der Waals surface area contributed by atoms with E-state index >= 15 is 0 Å². The van der Waals surface area contributed by atoms with Gasteiger partial charge in [0, 0.05) is 13.0 Å². The van der Waals surface area contributed by atoms with Crippen molar-refractivity contribution in [2.45, 2.75) is 32.6 Å². The quantitative estimate of drug-likeness (QED) is 0.371. The molecule has 2 rings (SSSR count). The normalized spacial score (nSPS) is 18.5. The molecule has 5 nitrogen and oxygen atoms in total. The summed E-state index contributed by atoms with van der Waals surface area (Å²) in [6.07, 6.45) is 3.22. The Balaban J connectivity index is 2.27. The molecule has 1 aliphatic carbocycles. The molecular formula is C14H21N3O2. The zero-order valence-corrected chi connectivity index (χ0v) is 11.2. The van der Waals surface area contributed by atoms with Crippen LogP contribution in [0.2, 0.25) is 0 Å². The van der Waals surface area contributed by atoms with Gasteiger partial charge in [-0.3, -0.25) is 10.7 Å². The van der Waals surface area contributed by atoms with Gasteiger partial charge in [0.25, 0.3) is 0 Å². The summed E-state index contributed by atoms with van der Waals surface area (Å²) in [5.41, 5.74) is 11.8. The van der Waals surface area contributed by atoms with Crippen LogP contribution >= 0.6 is 0 Å². The first-order valence-electron chi connectivity index (χ1n) is 6.63. The van der Waals surface area contributed by atoms with Gasteiger partial charge in [-0.25, -0.2) is 4.99 Å². The number of aliphatic imine (C=N–C) groups is 1. The zero-order valence-electron chi connectivity index (χ0n) is 11.2. The zero-order chi connectivity index (χ0) is 13.8. The molecule has 0 saturated carbocycles. The minimum atomic E-state index is 0.100. The maximum absolute atomic E-state index is 9.20. The molecule has 0 aromatic heterocycles. The number of amidine groups is 1. The molecule has 5 heteroatoms. The van der Waals surface area contributed by atoms with Crippen molar-refractivity contribution in [3.63, 3.8) is 0 Å². The monoisotopic (exact) mass is 263 g/mol. The second kappa shape index (κ2) is 6.04. The fourth-order valence-corrected chi connectivity index (χ4v) is 2.53. The summed E-state index contributed by atoms with van der Waals surface area (Å²) in [6.45, 7) is 2.31. The van der Waals surface area contributed by atoms with Crippen LogP contribution in [-0.4, -0.2) is 22.8 Å². The van der Waals surface area contributed by atoms with Crippen molar-refractivity contribution in [1.82, 2.24) is 0 Å². The van der Waals surface area contributed by atoms with Crippen LogP contribution in [-0.2, 0) is 12.8 Å². The van der Waals surface area contributed by atoms with Gasteiger partial charge in [-0.15, -0.1) is 0 Å². The van der Waals surface area contributed by atoms with Crippen LogP contribution in [0, 0.1) is 5.92 Å². The average molecular weight is 263 g/mol. The molecule has 0 aliphatic heterocycles. The third kappa shape index (κ3) is 3.24. The number of aliphatic hydroxyl groups excluding tert-OH is 1. The number of rotatable bonds is 5. The van der Waals surface area contributed by atoms with Crippen molar-refractivity contribution in [3.8, 4) is 0 Å². The molecule has 0 heterocycles. The topological polar surface area (TPSA) is 90.9 Å².